The van der Waals surface area contributed by atoms with Crippen LogP contribution in [0.2, 0.25) is 0 Å². The molecule has 1 unspecified atom stereocenters. The van der Waals surface area contributed by atoms with E-state index in [-0.39, 0.29) is 13.0 Å². The minimum atomic E-state index is -1.66. The minimum Gasteiger partial charge on any atom is -0.459 e. The highest BCUT2D eigenvalue weighted by Crippen LogP contribution is 2.12. The van der Waals surface area contributed by atoms with Crippen molar-refractivity contribution < 1.29 is 14.3 Å². The van der Waals surface area contributed by atoms with Crippen molar-refractivity contribution >= 4 is 12.3 Å². The summed E-state index contributed by atoms with van der Waals surface area (Å²) in [7, 11) is 0. The number of esters is 1. The third-order valence-electron chi connectivity index (χ3n) is 3.14. The summed E-state index contributed by atoms with van der Waals surface area (Å²) < 4.78 is 5.16. The molecule has 0 aliphatic carbocycles. The summed E-state index contributed by atoms with van der Waals surface area (Å²) in [5.41, 5.74) is 5.89. The molecule has 0 bridgehead atoms. The maximum atomic E-state index is 12.1. The monoisotopic (exact) mass is 283 g/mol. The van der Waals surface area contributed by atoms with Gasteiger partial charge in [0.05, 0.1) is 0 Å². The maximum absolute atomic E-state index is 12.1. The van der Waals surface area contributed by atoms with Crippen molar-refractivity contribution in [2.75, 3.05) is 0 Å². The Labute approximate surface area is 123 Å². The van der Waals surface area contributed by atoms with E-state index in [0.717, 1.165) is 11.1 Å². The molecule has 0 heterocycles. The van der Waals surface area contributed by atoms with Gasteiger partial charge in [0.25, 0.3) is 0 Å². The number of rotatable bonds is 6. The Morgan fingerprint density at radius 3 is 2.05 bits per heavy atom. The van der Waals surface area contributed by atoms with Crippen LogP contribution in [0.4, 0.5) is 0 Å². The van der Waals surface area contributed by atoms with E-state index in [0.29, 0.717) is 6.29 Å². The van der Waals surface area contributed by atoms with E-state index in [1.165, 1.54) is 0 Å². The zero-order chi connectivity index (χ0) is 15.1. The number of carbonyl (C=O) groups excluding carboxylic acids is 2. The van der Waals surface area contributed by atoms with Crippen molar-refractivity contribution in [2.24, 2.45) is 5.73 Å². The molecule has 2 rings (SSSR count). The molecule has 0 saturated heterocycles. The quantitative estimate of drug-likeness (QED) is 0.499. The van der Waals surface area contributed by atoms with Crippen molar-refractivity contribution in [1.82, 2.24) is 0 Å². The molecular formula is C17H17NO3. The molecular weight excluding hydrogens is 266 g/mol. The molecule has 0 aromatic heterocycles. The molecule has 2 aromatic carbocycles. The van der Waals surface area contributed by atoms with E-state index < -0.39 is 11.5 Å². The average molecular weight is 283 g/mol. The van der Waals surface area contributed by atoms with Gasteiger partial charge >= 0.3 is 5.97 Å². The average Bonchev–Trinajstić information content (AvgIpc) is 2.54. The predicted molar refractivity (Wildman–Crippen MR) is 79.4 cm³/mol. The summed E-state index contributed by atoms with van der Waals surface area (Å²) in [6, 6.07) is 18.4. The largest absolute Gasteiger partial charge is 0.459 e. The van der Waals surface area contributed by atoms with Gasteiger partial charge in [-0.2, -0.15) is 0 Å². The van der Waals surface area contributed by atoms with Gasteiger partial charge in [-0.1, -0.05) is 60.7 Å². The van der Waals surface area contributed by atoms with Crippen LogP contribution < -0.4 is 5.73 Å². The normalized spacial score (nSPS) is 13.2. The summed E-state index contributed by atoms with van der Waals surface area (Å²) in [6.45, 7) is 0.0985. The molecule has 4 heteroatoms. The predicted octanol–water partition coefficient (Wildman–Crippen LogP) is 1.87. The van der Waals surface area contributed by atoms with Gasteiger partial charge in [-0.3, -0.25) is 0 Å². The molecule has 0 aliphatic rings. The van der Waals surface area contributed by atoms with Crippen molar-refractivity contribution in [2.45, 2.75) is 18.6 Å². The topological polar surface area (TPSA) is 69.4 Å². The zero-order valence-electron chi connectivity index (χ0n) is 11.6. The van der Waals surface area contributed by atoms with Crippen LogP contribution in [0.1, 0.15) is 11.1 Å². The first kappa shape index (κ1) is 14.9. The SMILES string of the molecule is NC(C=O)(Cc1ccccc1)C(=O)OCc1ccccc1. The second kappa shape index (κ2) is 6.81. The minimum absolute atomic E-state index is 0.0985. The van der Waals surface area contributed by atoms with Crippen LogP contribution in [0.5, 0.6) is 0 Å². The van der Waals surface area contributed by atoms with Crippen LogP contribution in [0.15, 0.2) is 60.7 Å². The molecule has 2 N–H and O–H groups in total. The highest BCUT2D eigenvalue weighted by atomic mass is 16.5. The van der Waals surface area contributed by atoms with Gasteiger partial charge in [0, 0.05) is 6.42 Å². The molecule has 4 nitrogen and oxygen atoms in total. The molecule has 2 aromatic rings. The molecule has 21 heavy (non-hydrogen) atoms. The Balaban J connectivity index is 2.02. The van der Waals surface area contributed by atoms with Crippen LogP contribution in [0, 0.1) is 0 Å². The van der Waals surface area contributed by atoms with Crippen LogP contribution in [-0.2, 0) is 27.4 Å². The van der Waals surface area contributed by atoms with Crippen LogP contribution in [-0.4, -0.2) is 17.8 Å². The molecule has 108 valence electrons. The molecule has 1 atom stereocenters. The number of hydrogen-bond donors (Lipinski definition) is 1. The van der Waals surface area contributed by atoms with Crippen molar-refractivity contribution in [1.29, 1.82) is 0 Å². The summed E-state index contributed by atoms with van der Waals surface area (Å²) in [5.74, 6) is -0.717. The first-order chi connectivity index (χ1) is 10.1. The van der Waals surface area contributed by atoms with E-state index in [4.69, 9.17) is 10.5 Å². The lowest BCUT2D eigenvalue weighted by atomic mass is 9.93. The summed E-state index contributed by atoms with van der Waals surface area (Å²) in [4.78, 5) is 23.4. The first-order valence-corrected chi connectivity index (χ1v) is 6.64. The molecule has 0 aliphatic heterocycles. The van der Waals surface area contributed by atoms with E-state index >= 15 is 0 Å². The van der Waals surface area contributed by atoms with Gasteiger partial charge in [-0.15, -0.1) is 0 Å². The number of hydrogen-bond acceptors (Lipinski definition) is 4. The van der Waals surface area contributed by atoms with Gasteiger partial charge < -0.3 is 15.3 Å². The summed E-state index contributed by atoms with van der Waals surface area (Å²) in [6.07, 6.45) is 0.568. The van der Waals surface area contributed by atoms with Gasteiger partial charge in [-0.05, 0) is 11.1 Å². The van der Waals surface area contributed by atoms with E-state index in [1.54, 1.807) is 0 Å². The Morgan fingerprint density at radius 2 is 1.52 bits per heavy atom. The lowest BCUT2D eigenvalue weighted by Crippen LogP contribution is -2.52. The van der Waals surface area contributed by atoms with Gasteiger partial charge in [-0.25, -0.2) is 4.79 Å². The zero-order valence-corrected chi connectivity index (χ0v) is 11.6. The number of carbonyl (C=O) groups is 2. The Morgan fingerprint density at radius 1 is 1.00 bits per heavy atom. The van der Waals surface area contributed by atoms with Crippen LogP contribution >= 0.6 is 0 Å². The number of benzene rings is 2. The van der Waals surface area contributed by atoms with Crippen molar-refractivity contribution in [3.05, 3.63) is 71.8 Å². The molecule has 0 spiro atoms. The Kier molecular flexibility index (Phi) is 4.85. The summed E-state index contributed by atoms with van der Waals surface area (Å²) in [5, 5.41) is 0. The van der Waals surface area contributed by atoms with E-state index in [9.17, 15) is 9.59 Å². The van der Waals surface area contributed by atoms with E-state index in [1.807, 2.05) is 60.7 Å². The lowest BCUT2D eigenvalue weighted by Gasteiger charge is -2.21. The van der Waals surface area contributed by atoms with Gasteiger partial charge in [0.15, 0.2) is 11.8 Å². The highest BCUT2D eigenvalue weighted by molar-refractivity contribution is 5.98. The first-order valence-electron chi connectivity index (χ1n) is 6.64. The van der Waals surface area contributed by atoms with E-state index in [2.05, 4.69) is 0 Å². The van der Waals surface area contributed by atoms with Crippen LogP contribution in [0.25, 0.3) is 0 Å². The van der Waals surface area contributed by atoms with Crippen LogP contribution in [0.3, 0.4) is 0 Å². The third kappa shape index (κ3) is 4.00. The lowest BCUT2D eigenvalue weighted by molar-refractivity contribution is -0.152. The molecule has 0 amide bonds. The fourth-order valence-corrected chi connectivity index (χ4v) is 1.95. The number of ether oxygens (including phenoxy) is 1. The smallest absolute Gasteiger partial charge is 0.334 e. The van der Waals surface area contributed by atoms with Crippen molar-refractivity contribution in [3.8, 4) is 0 Å². The maximum Gasteiger partial charge on any atom is 0.334 e. The molecule has 0 saturated carbocycles. The van der Waals surface area contributed by atoms with Crippen molar-refractivity contribution in [3.63, 3.8) is 0 Å². The summed E-state index contributed by atoms with van der Waals surface area (Å²) >= 11 is 0. The van der Waals surface area contributed by atoms with Gasteiger partial charge in [0.2, 0.25) is 0 Å². The fourth-order valence-electron chi connectivity index (χ4n) is 1.95. The Bertz CT molecular complexity index is 598. The fraction of sp³-hybridized carbons (Fsp3) is 0.176. The molecule has 0 fully saturated rings. The number of nitrogens with two attached hydrogens (primary N) is 1. The van der Waals surface area contributed by atoms with Gasteiger partial charge in [0.1, 0.15) is 6.61 Å². The number of aldehydes is 1. The standard InChI is InChI=1S/C17H17NO3/c18-17(13-19,11-14-7-3-1-4-8-14)16(20)21-12-15-9-5-2-6-10-15/h1-10,13H,11-12,18H2. The second-order valence-corrected chi connectivity index (χ2v) is 4.88. The highest BCUT2D eigenvalue weighted by Gasteiger charge is 2.35. The second-order valence-electron chi connectivity index (χ2n) is 4.88. The molecule has 0 radical (unpaired) electrons. The third-order valence-corrected chi connectivity index (χ3v) is 3.14. The Hall–Kier alpha value is -2.46.